The molecule has 1 unspecified atom stereocenters. The number of thiophene rings is 1. The Balaban J connectivity index is 0.00000288. The summed E-state index contributed by atoms with van der Waals surface area (Å²) in [6.45, 7) is 3.92. The van der Waals surface area contributed by atoms with Gasteiger partial charge in [-0.15, -0.1) is 35.3 Å². The van der Waals surface area contributed by atoms with Crippen LogP contribution in [-0.2, 0) is 6.42 Å². The predicted molar refractivity (Wildman–Crippen MR) is 111 cm³/mol. The minimum Gasteiger partial charge on any atom is -0.469 e. The molecule has 134 valence electrons. The Bertz CT molecular complexity index is 604. The van der Waals surface area contributed by atoms with Gasteiger partial charge in [-0.25, -0.2) is 0 Å². The van der Waals surface area contributed by atoms with E-state index in [9.17, 15) is 5.11 Å². The zero-order valence-corrected chi connectivity index (χ0v) is 17.4. The van der Waals surface area contributed by atoms with Gasteiger partial charge in [0.2, 0.25) is 0 Å². The number of aliphatic imine (C=N–C) groups is 1. The van der Waals surface area contributed by atoms with Gasteiger partial charge in [0.1, 0.15) is 11.9 Å². The van der Waals surface area contributed by atoms with E-state index in [0.717, 1.165) is 30.0 Å². The average molecular weight is 484 g/mol. The highest BCUT2D eigenvalue weighted by Crippen LogP contribution is 2.26. The van der Waals surface area contributed by atoms with Gasteiger partial charge < -0.3 is 20.2 Å². The lowest BCUT2D eigenvalue weighted by molar-refractivity contribution is 0.191. The van der Waals surface area contributed by atoms with Crippen LogP contribution in [0.3, 0.4) is 0 Å². The Morgan fingerprint density at radius 1 is 1.33 bits per heavy atom. The zero-order valence-electron chi connectivity index (χ0n) is 13.5. The third-order valence-corrected chi connectivity index (χ3v) is 4.46. The Morgan fingerprint density at radius 3 is 2.75 bits per heavy atom. The zero-order chi connectivity index (χ0) is 16.5. The van der Waals surface area contributed by atoms with Gasteiger partial charge in [-0.2, -0.15) is 0 Å². The smallest absolute Gasteiger partial charge is 0.191 e. The molecule has 0 saturated heterocycles. The van der Waals surface area contributed by atoms with Gasteiger partial charge in [0.25, 0.3) is 0 Å². The summed E-state index contributed by atoms with van der Waals surface area (Å²) in [5.74, 6) is 1.63. The van der Waals surface area contributed by atoms with E-state index in [1.54, 1.807) is 12.3 Å². The first-order chi connectivity index (χ1) is 11.2. The first-order valence-corrected chi connectivity index (χ1v) is 8.86. The highest BCUT2D eigenvalue weighted by atomic mass is 127. The fourth-order valence-electron chi connectivity index (χ4n) is 1.95. The first kappa shape index (κ1) is 21.3. The van der Waals surface area contributed by atoms with E-state index in [0.29, 0.717) is 16.8 Å². The number of hydrogen-bond acceptors (Lipinski definition) is 4. The first-order valence-electron chi connectivity index (χ1n) is 7.67. The summed E-state index contributed by atoms with van der Waals surface area (Å²) in [6.07, 6.45) is 2.81. The standard InChI is InChI=1S/C16H22ClN3O2S.HI/c1-2-8-18-16(19-9-7-12-4-3-10-22-12)20-11-13(21)14-5-6-15(17)23-14;/h3-6,10,13,21H,2,7-9,11H2,1H3,(H2,18,19,20);1H. The van der Waals surface area contributed by atoms with E-state index in [4.69, 9.17) is 16.0 Å². The van der Waals surface area contributed by atoms with Gasteiger partial charge in [0.05, 0.1) is 17.1 Å². The van der Waals surface area contributed by atoms with Crippen LogP contribution in [0, 0.1) is 0 Å². The van der Waals surface area contributed by atoms with E-state index in [1.807, 2.05) is 18.2 Å². The Hall–Kier alpha value is -0.770. The average Bonchev–Trinajstić information content (AvgIpc) is 3.20. The van der Waals surface area contributed by atoms with Crippen LogP contribution in [0.2, 0.25) is 4.34 Å². The largest absolute Gasteiger partial charge is 0.469 e. The maximum Gasteiger partial charge on any atom is 0.191 e. The summed E-state index contributed by atoms with van der Waals surface area (Å²) in [5, 5.41) is 16.6. The van der Waals surface area contributed by atoms with E-state index in [1.165, 1.54) is 11.3 Å². The van der Waals surface area contributed by atoms with Crippen molar-refractivity contribution in [3.8, 4) is 0 Å². The number of guanidine groups is 1. The molecular weight excluding hydrogens is 461 g/mol. The topological polar surface area (TPSA) is 69.8 Å². The summed E-state index contributed by atoms with van der Waals surface area (Å²) in [6, 6.07) is 7.44. The Morgan fingerprint density at radius 2 is 2.12 bits per heavy atom. The third-order valence-electron chi connectivity index (χ3n) is 3.13. The second kappa shape index (κ2) is 11.7. The van der Waals surface area contributed by atoms with Crippen molar-refractivity contribution in [3.05, 3.63) is 45.5 Å². The minimum absolute atomic E-state index is 0. The lowest BCUT2D eigenvalue weighted by Gasteiger charge is -2.13. The van der Waals surface area contributed by atoms with Crippen LogP contribution in [0.4, 0.5) is 0 Å². The molecule has 3 N–H and O–H groups in total. The number of nitrogens with zero attached hydrogens (tertiary/aromatic N) is 1. The SMILES string of the molecule is CCCNC(=NCC(O)c1ccc(Cl)s1)NCCc1ccco1.I. The van der Waals surface area contributed by atoms with Crippen LogP contribution in [0.15, 0.2) is 39.9 Å². The van der Waals surface area contributed by atoms with Gasteiger partial charge in [-0.1, -0.05) is 18.5 Å². The molecule has 0 amide bonds. The second-order valence-electron chi connectivity index (χ2n) is 5.03. The molecule has 0 fully saturated rings. The van der Waals surface area contributed by atoms with Crippen LogP contribution >= 0.6 is 46.9 Å². The van der Waals surface area contributed by atoms with Crippen LogP contribution in [0.1, 0.15) is 30.1 Å². The maximum absolute atomic E-state index is 10.2. The van der Waals surface area contributed by atoms with Crippen LogP contribution in [-0.4, -0.2) is 30.7 Å². The van der Waals surface area contributed by atoms with Crippen molar-refractivity contribution in [1.82, 2.24) is 10.6 Å². The van der Waals surface area contributed by atoms with Crippen LogP contribution in [0.5, 0.6) is 0 Å². The molecule has 0 aliphatic heterocycles. The molecule has 5 nitrogen and oxygen atoms in total. The minimum atomic E-state index is -0.641. The number of hydrogen-bond donors (Lipinski definition) is 3. The second-order valence-corrected chi connectivity index (χ2v) is 6.78. The molecule has 8 heteroatoms. The number of rotatable bonds is 8. The third kappa shape index (κ3) is 7.42. The Labute approximate surface area is 168 Å². The molecule has 0 aromatic carbocycles. The van der Waals surface area contributed by atoms with E-state index >= 15 is 0 Å². The van der Waals surface area contributed by atoms with Crippen LogP contribution < -0.4 is 10.6 Å². The van der Waals surface area contributed by atoms with Gasteiger partial charge in [0, 0.05) is 24.4 Å². The highest BCUT2D eigenvalue weighted by Gasteiger charge is 2.10. The molecule has 1 atom stereocenters. The number of halogens is 2. The summed E-state index contributed by atoms with van der Waals surface area (Å²) in [7, 11) is 0. The predicted octanol–water partition coefficient (Wildman–Crippen LogP) is 3.83. The van der Waals surface area contributed by atoms with E-state index in [-0.39, 0.29) is 30.5 Å². The maximum atomic E-state index is 10.2. The van der Waals surface area contributed by atoms with Gasteiger partial charge >= 0.3 is 0 Å². The fourth-order valence-corrected chi connectivity index (χ4v) is 2.99. The van der Waals surface area contributed by atoms with Crippen molar-refractivity contribution in [3.63, 3.8) is 0 Å². The normalized spacial score (nSPS) is 12.5. The Kier molecular flexibility index (Phi) is 10.4. The number of aliphatic hydroxyl groups excluding tert-OH is 1. The molecule has 2 aromatic rings. The summed E-state index contributed by atoms with van der Waals surface area (Å²) < 4.78 is 5.97. The van der Waals surface area contributed by atoms with Crippen molar-refractivity contribution >= 4 is 52.9 Å². The van der Waals surface area contributed by atoms with Crippen molar-refractivity contribution < 1.29 is 9.52 Å². The quantitative estimate of drug-likeness (QED) is 0.303. The van der Waals surface area contributed by atoms with Gasteiger partial charge in [-0.05, 0) is 30.7 Å². The van der Waals surface area contributed by atoms with E-state index < -0.39 is 6.10 Å². The molecule has 0 saturated carbocycles. The van der Waals surface area contributed by atoms with E-state index in [2.05, 4.69) is 22.5 Å². The van der Waals surface area contributed by atoms with Gasteiger partial charge in [0.15, 0.2) is 5.96 Å². The van der Waals surface area contributed by atoms with Crippen LogP contribution in [0.25, 0.3) is 0 Å². The molecule has 0 bridgehead atoms. The number of aliphatic hydroxyl groups is 1. The molecule has 2 rings (SSSR count). The molecule has 0 aliphatic rings. The molecule has 0 spiro atoms. The highest BCUT2D eigenvalue weighted by molar-refractivity contribution is 14.0. The number of furan rings is 1. The van der Waals surface area contributed by atoms with Crippen molar-refractivity contribution in [1.29, 1.82) is 0 Å². The summed E-state index contributed by atoms with van der Waals surface area (Å²) >= 11 is 7.27. The lowest BCUT2D eigenvalue weighted by Crippen LogP contribution is -2.39. The molecule has 24 heavy (non-hydrogen) atoms. The molecular formula is C16H23ClIN3O2S. The summed E-state index contributed by atoms with van der Waals surface area (Å²) in [5.41, 5.74) is 0. The molecule has 2 aromatic heterocycles. The van der Waals surface area contributed by atoms with Crippen molar-refractivity contribution in [2.45, 2.75) is 25.9 Å². The van der Waals surface area contributed by atoms with Gasteiger partial charge in [-0.3, -0.25) is 4.99 Å². The summed E-state index contributed by atoms with van der Waals surface area (Å²) in [4.78, 5) is 5.27. The fraction of sp³-hybridized carbons (Fsp3) is 0.438. The molecule has 2 heterocycles. The lowest BCUT2D eigenvalue weighted by atomic mass is 10.3. The molecule has 0 aliphatic carbocycles. The number of nitrogens with one attached hydrogen (secondary N) is 2. The van der Waals surface area contributed by atoms with Crippen molar-refractivity contribution in [2.75, 3.05) is 19.6 Å². The molecule has 0 radical (unpaired) electrons. The monoisotopic (exact) mass is 483 g/mol. The van der Waals surface area contributed by atoms with Crippen molar-refractivity contribution in [2.24, 2.45) is 4.99 Å².